The Labute approximate surface area is 139 Å². The molecule has 0 aliphatic carbocycles. The number of carbonyl (C=O) groups is 2. The zero-order valence-electron chi connectivity index (χ0n) is 11.8. The van der Waals surface area contributed by atoms with E-state index in [0.29, 0.717) is 6.07 Å². The summed E-state index contributed by atoms with van der Waals surface area (Å²) in [4.78, 5) is 23.5. The smallest absolute Gasteiger partial charge is 0.417 e. The van der Waals surface area contributed by atoms with Gasteiger partial charge in [0.2, 0.25) is 0 Å². The molecule has 0 fully saturated rings. The molecule has 5 nitrogen and oxygen atoms in total. The maximum atomic E-state index is 12.7. The summed E-state index contributed by atoms with van der Waals surface area (Å²) in [6, 6.07) is 8.16. The quantitative estimate of drug-likeness (QED) is 0.717. The van der Waals surface area contributed by atoms with Gasteiger partial charge in [0.05, 0.1) is 10.6 Å². The van der Waals surface area contributed by atoms with E-state index in [2.05, 4.69) is 5.32 Å². The number of carbonyl (C=O) groups excluding carboxylic acids is 2. The molecule has 0 saturated carbocycles. The van der Waals surface area contributed by atoms with Gasteiger partial charge in [-0.25, -0.2) is 0 Å². The summed E-state index contributed by atoms with van der Waals surface area (Å²) < 4.78 is 38.2. The number of aromatic hydroxyl groups is 1. The third-order valence-electron chi connectivity index (χ3n) is 2.84. The molecular weight excluding hydrogens is 349 g/mol. The lowest BCUT2D eigenvalue weighted by atomic mass is 10.2. The van der Waals surface area contributed by atoms with Crippen LogP contribution >= 0.6 is 11.6 Å². The highest BCUT2D eigenvalue weighted by atomic mass is 35.5. The molecule has 9 heteroatoms. The van der Waals surface area contributed by atoms with Crippen molar-refractivity contribution in [2.75, 3.05) is 10.6 Å². The first-order valence-corrected chi connectivity index (χ1v) is 6.83. The van der Waals surface area contributed by atoms with Gasteiger partial charge < -0.3 is 15.7 Å². The molecule has 2 rings (SSSR count). The zero-order valence-corrected chi connectivity index (χ0v) is 12.6. The third-order valence-corrected chi connectivity index (χ3v) is 3.17. The normalized spacial score (nSPS) is 11.0. The number of nitrogens with one attached hydrogen (secondary N) is 2. The van der Waals surface area contributed by atoms with Crippen LogP contribution in [-0.2, 0) is 15.8 Å². The molecule has 0 saturated heterocycles. The van der Waals surface area contributed by atoms with Gasteiger partial charge in [-0.05, 0) is 30.3 Å². The average molecular weight is 359 g/mol. The summed E-state index contributed by atoms with van der Waals surface area (Å²) in [6.45, 7) is 0. The number of phenols is 1. The lowest BCUT2D eigenvalue weighted by molar-refractivity contribution is -0.137. The van der Waals surface area contributed by atoms with Gasteiger partial charge in [-0.2, -0.15) is 13.2 Å². The number of anilines is 2. The van der Waals surface area contributed by atoms with Crippen molar-refractivity contribution in [3.05, 3.63) is 53.1 Å². The molecule has 2 aromatic carbocycles. The van der Waals surface area contributed by atoms with Crippen LogP contribution < -0.4 is 10.6 Å². The van der Waals surface area contributed by atoms with Gasteiger partial charge >= 0.3 is 18.0 Å². The molecule has 0 aliphatic rings. The first-order chi connectivity index (χ1) is 11.2. The predicted molar refractivity (Wildman–Crippen MR) is 81.8 cm³/mol. The van der Waals surface area contributed by atoms with Gasteiger partial charge in [0.25, 0.3) is 0 Å². The van der Waals surface area contributed by atoms with Crippen molar-refractivity contribution >= 4 is 34.8 Å². The molecule has 0 aromatic heterocycles. The number of benzene rings is 2. The van der Waals surface area contributed by atoms with Crippen molar-refractivity contribution in [3.8, 4) is 5.75 Å². The second kappa shape index (κ2) is 6.79. The summed E-state index contributed by atoms with van der Waals surface area (Å²) in [6.07, 6.45) is -4.69. The second-order valence-corrected chi connectivity index (χ2v) is 5.06. The van der Waals surface area contributed by atoms with Gasteiger partial charge in [0.1, 0.15) is 5.75 Å². The number of hydrogen-bond acceptors (Lipinski definition) is 3. The molecule has 0 bridgehead atoms. The van der Waals surface area contributed by atoms with Crippen molar-refractivity contribution in [3.63, 3.8) is 0 Å². The Hall–Kier alpha value is -2.74. The fraction of sp³-hybridized carbons (Fsp3) is 0.0667. The predicted octanol–water partition coefficient (Wildman–Crippen LogP) is 3.64. The fourth-order valence-corrected chi connectivity index (χ4v) is 2.00. The minimum absolute atomic E-state index is 0.124. The highest BCUT2D eigenvalue weighted by Crippen LogP contribution is 2.36. The van der Waals surface area contributed by atoms with Gasteiger partial charge in [-0.3, -0.25) is 9.59 Å². The molecule has 126 valence electrons. The largest absolute Gasteiger partial charge is 0.508 e. The van der Waals surface area contributed by atoms with Gasteiger partial charge in [0.15, 0.2) is 0 Å². The van der Waals surface area contributed by atoms with E-state index < -0.39 is 28.6 Å². The minimum atomic E-state index is -4.69. The Bertz CT molecular complexity index is 794. The van der Waals surface area contributed by atoms with Crippen molar-refractivity contribution < 1.29 is 27.9 Å². The number of halogens is 4. The standard InChI is InChI=1S/C15H10ClF3N2O3/c16-12-5-4-9(7-11(12)15(17,18)19)21-14(24)13(23)20-8-2-1-3-10(22)6-8/h1-7,22H,(H,20,23)(H,21,24). The molecular formula is C15H10ClF3N2O3. The molecule has 0 heterocycles. The van der Waals surface area contributed by atoms with Crippen LogP contribution in [0.2, 0.25) is 5.02 Å². The molecule has 0 aliphatic heterocycles. The van der Waals surface area contributed by atoms with Crippen LogP contribution in [0.15, 0.2) is 42.5 Å². The number of phenolic OH excluding ortho intramolecular Hbond substituents is 1. The summed E-state index contributed by atoms with van der Waals surface area (Å²) in [5, 5.41) is 13.0. The topological polar surface area (TPSA) is 78.4 Å². The van der Waals surface area contributed by atoms with E-state index in [4.69, 9.17) is 11.6 Å². The average Bonchev–Trinajstić information content (AvgIpc) is 2.48. The van der Waals surface area contributed by atoms with Crippen LogP contribution in [0.5, 0.6) is 5.75 Å². The fourth-order valence-electron chi connectivity index (χ4n) is 1.78. The monoisotopic (exact) mass is 358 g/mol. The Kier molecular flexibility index (Phi) is 4.99. The first kappa shape index (κ1) is 17.6. The van der Waals surface area contributed by atoms with Crippen LogP contribution in [-0.4, -0.2) is 16.9 Å². The molecule has 0 spiro atoms. The molecule has 24 heavy (non-hydrogen) atoms. The summed E-state index contributed by atoms with van der Waals surface area (Å²) in [7, 11) is 0. The molecule has 3 N–H and O–H groups in total. The van der Waals surface area contributed by atoms with Crippen LogP contribution in [0.3, 0.4) is 0 Å². The Morgan fingerprint density at radius 2 is 1.54 bits per heavy atom. The van der Waals surface area contributed by atoms with E-state index >= 15 is 0 Å². The molecule has 0 unspecified atom stereocenters. The van der Waals surface area contributed by atoms with E-state index in [1.807, 2.05) is 5.32 Å². The highest BCUT2D eigenvalue weighted by molar-refractivity contribution is 6.43. The maximum Gasteiger partial charge on any atom is 0.417 e. The van der Waals surface area contributed by atoms with E-state index in [1.54, 1.807) is 0 Å². The second-order valence-electron chi connectivity index (χ2n) is 4.65. The third kappa shape index (κ3) is 4.39. The van der Waals surface area contributed by atoms with Crippen molar-refractivity contribution in [1.82, 2.24) is 0 Å². The van der Waals surface area contributed by atoms with E-state index in [-0.39, 0.29) is 17.1 Å². The molecule has 2 amide bonds. The van der Waals surface area contributed by atoms with Crippen LogP contribution in [0.25, 0.3) is 0 Å². The molecule has 0 radical (unpaired) electrons. The zero-order chi connectivity index (χ0) is 17.9. The lowest BCUT2D eigenvalue weighted by Gasteiger charge is -2.11. The number of amides is 2. The number of rotatable bonds is 2. The Morgan fingerprint density at radius 1 is 0.958 bits per heavy atom. The van der Waals surface area contributed by atoms with Crippen molar-refractivity contribution in [2.45, 2.75) is 6.18 Å². The molecule has 0 atom stereocenters. The van der Waals surface area contributed by atoms with Crippen LogP contribution in [0.4, 0.5) is 24.5 Å². The van der Waals surface area contributed by atoms with Gasteiger partial charge in [-0.1, -0.05) is 17.7 Å². The maximum absolute atomic E-state index is 12.7. The van der Waals surface area contributed by atoms with E-state index in [9.17, 15) is 27.9 Å². The van der Waals surface area contributed by atoms with Crippen LogP contribution in [0.1, 0.15) is 5.56 Å². The van der Waals surface area contributed by atoms with Crippen LogP contribution in [0, 0.1) is 0 Å². The van der Waals surface area contributed by atoms with Gasteiger partial charge in [0, 0.05) is 17.4 Å². The summed E-state index contributed by atoms with van der Waals surface area (Å²) in [5.74, 6) is -2.40. The van der Waals surface area contributed by atoms with Crippen molar-refractivity contribution in [1.29, 1.82) is 0 Å². The summed E-state index contributed by atoms with van der Waals surface area (Å²) >= 11 is 5.47. The number of hydrogen-bond donors (Lipinski definition) is 3. The minimum Gasteiger partial charge on any atom is -0.508 e. The highest BCUT2D eigenvalue weighted by Gasteiger charge is 2.33. The lowest BCUT2D eigenvalue weighted by Crippen LogP contribution is -2.29. The van der Waals surface area contributed by atoms with Gasteiger partial charge in [-0.15, -0.1) is 0 Å². The van der Waals surface area contributed by atoms with Crippen molar-refractivity contribution in [2.24, 2.45) is 0 Å². The summed E-state index contributed by atoms with van der Waals surface area (Å²) in [5.41, 5.74) is -1.21. The SMILES string of the molecule is O=C(Nc1cccc(O)c1)C(=O)Nc1ccc(Cl)c(C(F)(F)F)c1. The molecule has 2 aromatic rings. The number of alkyl halides is 3. The Balaban J connectivity index is 2.10. The van der Waals surface area contributed by atoms with E-state index in [0.717, 1.165) is 12.1 Å². The first-order valence-electron chi connectivity index (χ1n) is 6.45. The Morgan fingerprint density at radius 3 is 2.08 bits per heavy atom. The van der Waals surface area contributed by atoms with E-state index in [1.165, 1.54) is 24.3 Å².